The molecule has 0 aliphatic rings. The average Bonchev–Trinajstić information content (AvgIpc) is 2.48. The SMILES string of the molecule is CC(C)c1cc(F)cc(-c2ccnc(C#N)c2)c1OC#N. The van der Waals surface area contributed by atoms with Gasteiger partial charge in [-0.15, -0.1) is 5.26 Å². The van der Waals surface area contributed by atoms with Crippen molar-refractivity contribution in [2.75, 3.05) is 0 Å². The Morgan fingerprint density at radius 1 is 1.24 bits per heavy atom. The number of aromatic nitrogens is 1. The molecule has 5 heteroatoms. The van der Waals surface area contributed by atoms with E-state index >= 15 is 0 Å². The minimum Gasteiger partial charge on any atom is -0.387 e. The maximum atomic E-state index is 13.9. The molecule has 4 nitrogen and oxygen atoms in total. The Morgan fingerprint density at radius 3 is 2.62 bits per heavy atom. The minimum atomic E-state index is -0.422. The van der Waals surface area contributed by atoms with Crippen molar-refractivity contribution < 1.29 is 9.13 Å². The van der Waals surface area contributed by atoms with Crippen LogP contribution in [-0.2, 0) is 0 Å². The molecule has 1 aromatic carbocycles. The number of nitrogens with zero attached hydrogens (tertiary/aromatic N) is 3. The predicted molar refractivity (Wildman–Crippen MR) is 74.7 cm³/mol. The summed E-state index contributed by atoms with van der Waals surface area (Å²) in [7, 11) is 0. The topological polar surface area (TPSA) is 69.7 Å². The predicted octanol–water partition coefficient (Wildman–Crippen LogP) is 3.74. The maximum absolute atomic E-state index is 13.9. The van der Waals surface area contributed by atoms with Gasteiger partial charge in [0.1, 0.15) is 17.6 Å². The molecule has 21 heavy (non-hydrogen) atoms. The van der Waals surface area contributed by atoms with Crippen LogP contribution in [0.15, 0.2) is 30.5 Å². The van der Waals surface area contributed by atoms with Crippen LogP contribution in [0.25, 0.3) is 11.1 Å². The van der Waals surface area contributed by atoms with E-state index in [-0.39, 0.29) is 11.6 Å². The lowest BCUT2D eigenvalue weighted by Crippen LogP contribution is -1.98. The van der Waals surface area contributed by atoms with Crippen molar-refractivity contribution in [1.82, 2.24) is 4.98 Å². The standard InChI is InChI=1S/C16H12FN3O/c1-10(2)14-6-12(17)7-15(16(14)21-9-19)11-3-4-20-13(5-11)8-18/h3-7,10H,1-2H3. The molecule has 0 aliphatic heterocycles. The summed E-state index contributed by atoms with van der Waals surface area (Å²) < 4.78 is 18.9. The fourth-order valence-corrected chi connectivity index (χ4v) is 2.08. The van der Waals surface area contributed by atoms with Crippen molar-refractivity contribution in [3.05, 3.63) is 47.5 Å². The molecule has 0 saturated heterocycles. The van der Waals surface area contributed by atoms with E-state index in [4.69, 9.17) is 15.3 Å². The first kappa shape index (κ1) is 14.5. The van der Waals surface area contributed by atoms with E-state index in [0.717, 1.165) is 0 Å². The highest BCUT2D eigenvalue weighted by Crippen LogP contribution is 2.37. The Balaban J connectivity index is 2.72. The maximum Gasteiger partial charge on any atom is 0.292 e. The lowest BCUT2D eigenvalue weighted by atomic mass is 9.95. The van der Waals surface area contributed by atoms with Crippen molar-refractivity contribution in [2.45, 2.75) is 19.8 Å². The Labute approximate surface area is 122 Å². The zero-order chi connectivity index (χ0) is 15.4. The van der Waals surface area contributed by atoms with Crippen molar-refractivity contribution in [3.8, 4) is 29.2 Å². The third kappa shape index (κ3) is 2.98. The fraction of sp³-hybridized carbons (Fsp3) is 0.188. The average molecular weight is 281 g/mol. The highest BCUT2D eigenvalue weighted by molar-refractivity contribution is 5.73. The van der Waals surface area contributed by atoms with Crippen LogP contribution in [0.2, 0.25) is 0 Å². The lowest BCUT2D eigenvalue weighted by Gasteiger charge is -2.15. The van der Waals surface area contributed by atoms with Gasteiger partial charge in [-0.25, -0.2) is 9.37 Å². The third-order valence-electron chi connectivity index (χ3n) is 3.04. The highest BCUT2D eigenvalue weighted by atomic mass is 19.1. The van der Waals surface area contributed by atoms with E-state index in [0.29, 0.717) is 22.4 Å². The summed E-state index contributed by atoms with van der Waals surface area (Å²) in [6, 6.07) is 7.74. The van der Waals surface area contributed by atoms with Crippen molar-refractivity contribution in [3.63, 3.8) is 0 Å². The molecular weight excluding hydrogens is 269 g/mol. The van der Waals surface area contributed by atoms with Crippen LogP contribution < -0.4 is 4.74 Å². The highest BCUT2D eigenvalue weighted by Gasteiger charge is 2.17. The van der Waals surface area contributed by atoms with Gasteiger partial charge in [0.15, 0.2) is 5.75 Å². The van der Waals surface area contributed by atoms with E-state index in [1.54, 1.807) is 12.3 Å². The van der Waals surface area contributed by atoms with Gasteiger partial charge >= 0.3 is 0 Å². The molecule has 0 spiro atoms. The second kappa shape index (κ2) is 6.02. The van der Waals surface area contributed by atoms with Gasteiger partial charge in [-0.3, -0.25) is 0 Å². The second-order valence-electron chi connectivity index (χ2n) is 4.76. The molecule has 0 aliphatic carbocycles. The first-order chi connectivity index (χ1) is 10.1. The van der Waals surface area contributed by atoms with E-state index in [1.165, 1.54) is 24.4 Å². The fourth-order valence-electron chi connectivity index (χ4n) is 2.08. The molecule has 0 atom stereocenters. The van der Waals surface area contributed by atoms with Crippen molar-refractivity contribution >= 4 is 0 Å². The van der Waals surface area contributed by atoms with Gasteiger partial charge in [0.05, 0.1) is 0 Å². The Kier molecular flexibility index (Phi) is 4.15. The zero-order valence-corrected chi connectivity index (χ0v) is 11.6. The summed E-state index contributed by atoms with van der Waals surface area (Å²) in [5.41, 5.74) is 1.82. The molecule has 0 bridgehead atoms. The number of rotatable bonds is 3. The Bertz CT molecular complexity index is 757. The molecule has 0 radical (unpaired) electrons. The molecule has 1 aromatic heterocycles. The van der Waals surface area contributed by atoms with Crippen LogP contribution in [0.3, 0.4) is 0 Å². The molecule has 1 heterocycles. The van der Waals surface area contributed by atoms with Gasteiger partial charge in [-0.1, -0.05) is 13.8 Å². The van der Waals surface area contributed by atoms with Crippen LogP contribution in [-0.4, -0.2) is 4.98 Å². The summed E-state index contributed by atoms with van der Waals surface area (Å²) in [6.45, 7) is 3.77. The number of hydrogen-bond acceptors (Lipinski definition) is 4. The number of ether oxygens (including phenoxy) is 1. The molecule has 104 valence electrons. The number of pyridine rings is 1. The monoisotopic (exact) mass is 281 g/mol. The largest absolute Gasteiger partial charge is 0.387 e. The molecule has 2 aromatic rings. The van der Waals surface area contributed by atoms with Gasteiger partial charge in [-0.2, -0.15) is 5.26 Å². The zero-order valence-electron chi connectivity index (χ0n) is 11.6. The molecule has 0 fully saturated rings. The van der Waals surface area contributed by atoms with Crippen LogP contribution in [0.1, 0.15) is 31.0 Å². The Hall–Kier alpha value is -2.92. The van der Waals surface area contributed by atoms with E-state index in [2.05, 4.69) is 4.98 Å². The summed E-state index contributed by atoms with van der Waals surface area (Å²) in [4.78, 5) is 3.88. The number of benzene rings is 1. The van der Waals surface area contributed by atoms with Crippen LogP contribution in [0.5, 0.6) is 5.75 Å². The summed E-state index contributed by atoms with van der Waals surface area (Å²) in [5.74, 6) is -0.127. The van der Waals surface area contributed by atoms with Gasteiger partial charge in [0.25, 0.3) is 6.26 Å². The van der Waals surface area contributed by atoms with E-state index in [9.17, 15) is 4.39 Å². The molecular formula is C16H12FN3O. The Morgan fingerprint density at radius 2 is 2.00 bits per heavy atom. The first-order valence-corrected chi connectivity index (χ1v) is 6.32. The number of nitriles is 2. The number of hydrogen-bond donors (Lipinski definition) is 0. The second-order valence-corrected chi connectivity index (χ2v) is 4.76. The minimum absolute atomic E-state index is 0.0138. The summed E-state index contributed by atoms with van der Waals surface area (Å²) in [5, 5.41) is 17.7. The quantitative estimate of drug-likeness (QED) is 0.803. The molecule has 0 saturated carbocycles. The van der Waals surface area contributed by atoms with Crippen LogP contribution in [0.4, 0.5) is 4.39 Å². The molecule has 2 rings (SSSR count). The molecule has 0 unspecified atom stereocenters. The van der Waals surface area contributed by atoms with Gasteiger partial charge in [0.2, 0.25) is 0 Å². The van der Waals surface area contributed by atoms with Crippen LogP contribution >= 0.6 is 0 Å². The van der Waals surface area contributed by atoms with Gasteiger partial charge in [-0.05, 0) is 35.7 Å². The normalized spacial score (nSPS) is 10.0. The van der Waals surface area contributed by atoms with Gasteiger partial charge < -0.3 is 4.74 Å². The lowest BCUT2D eigenvalue weighted by molar-refractivity contribution is 0.495. The van der Waals surface area contributed by atoms with Crippen molar-refractivity contribution in [1.29, 1.82) is 10.5 Å². The summed E-state index contributed by atoms with van der Waals surface area (Å²) >= 11 is 0. The van der Waals surface area contributed by atoms with Crippen molar-refractivity contribution in [2.24, 2.45) is 0 Å². The number of halogens is 1. The van der Waals surface area contributed by atoms with E-state index < -0.39 is 5.82 Å². The smallest absolute Gasteiger partial charge is 0.292 e. The van der Waals surface area contributed by atoms with Gasteiger partial charge in [0, 0.05) is 17.3 Å². The third-order valence-corrected chi connectivity index (χ3v) is 3.04. The van der Waals surface area contributed by atoms with Crippen LogP contribution in [0, 0.1) is 28.7 Å². The molecule has 0 amide bonds. The van der Waals surface area contributed by atoms with E-state index in [1.807, 2.05) is 19.9 Å². The first-order valence-electron chi connectivity index (χ1n) is 6.32. The summed E-state index contributed by atoms with van der Waals surface area (Å²) in [6.07, 6.45) is 3.10. The molecule has 0 N–H and O–H groups in total.